The van der Waals surface area contributed by atoms with Crippen LogP contribution in [0.3, 0.4) is 0 Å². The van der Waals surface area contributed by atoms with Gasteiger partial charge in [0.05, 0.1) is 14.2 Å². The quantitative estimate of drug-likeness (QED) is 0.870. The van der Waals surface area contributed by atoms with Gasteiger partial charge >= 0.3 is 0 Å². The number of carbonyl (C=O) groups excluding carboxylic acids is 1. The van der Waals surface area contributed by atoms with Crippen molar-refractivity contribution in [1.82, 2.24) is 5.32 Å². The molecule has 124 valence electrons. The highest BCUT2D eigenvalue weighted by atomic mass is 16.5. The Labute approximate surface area is 138 Å². The van der Waals surface area contributed by atoms with Crippen molar-refractivity contribution in [2.24, 2.45) is 5.41 Å². The first-order chi connectivity index (χ1) is 10.8. The van der Waals surface area contributed by atoms with Gasteiger partial charge in [-0.25, -0.2) is 0 Å². The number of benzene rings is 1. The number of ether oxygens (including phenoxy) is 2. The molecular formula is C19H25NO3. The largest absolute Gasteiger partial charge is 0.493 e. The zero-order valence-corrected chi connectivity index (χ0v) is 14.5. The van der Waals surface area contributed by atoms with Crippen LogP contribution in [0.15, 0.2) is 35.4 Å². The fraction of sp³-hybridized carbons (Fsp3) is 0.421. The van der Waals surface area contributed by atoms with Gasteiger partial charge < -0.3 is 14.8 Å². The molecule has 0 unspecified atom stereocenters. The van der Waals surface area contributed by atoms with Gasteiger partial charge in [-0.2, -0.15) is 0 Å². The van der Waals surface area contributed by atoms with Crippen molar-refractivity contribution in [3.63, 3.8) is 0 Å². The van der Waals surface area contributed by atoms with Crippen LogP contribution in [-0.4, -0.2) is 33.1 Å². The molecule has 0 saturated carbocycles. The van der Waals surface area contributed by atoms with Crippen LogP contribution in [0, 0.1) is 5.41 Å². The monoisotopic (exact) mass is 315 g/mol. The van der Waals surface area contributed by atoms with Crippen molar-refractivity contribution in [2.45, 2.75) is 20.8 Å². The van der Waals surface area contributed by atoms with E-state index in [4.69, 9.17) is 9.47 Å². The standard InChI is InChI=1S/C19H25NO3/c1-19(2,3)10-15-12-20-11-14(18(15)21)8-13-6-7-16(22-4)17(9-13)23-5/h6-10,20H,11-12H2,1-5H3. The molecule has 0 atom stereocenters. The van der Waals surface area contributed by atoms with Crippen LogP contribution in [0.4, 0.5) is 0 Å². The first kappa shape index (κ1) is 17.3. The molecule has 2 rings (SSSR count). The molecule has 0 aliphatic carbocycles. The third kappa shape index (κ3) is 4.45. The zero-order chi connectivity index (χ0) is 17.0. The topological polar surface area (TPSA) is 47.6 Å². The lowest BCUT2D eigenvalue weighted by molar-refractivity contribution is -0.112. The molecule has 4 nitrogen and oxygen atoms in total. The molecule has 0 spiro atoms. The summed E-state index contributed by atoms with van der Waals surface area (Å²) in [5.74, 6) is 1.45. The minimum absolute atomic E-state index is 0.0154. The summed E-state index contributed by atoms with van der Waals surface area (Å²) in [5, 5.41) is 3.30. The van der Waals surface area contributed by atoms with Crippen molar-refractivity contribution in [3.05, 3.63) is 41.0 Å². The van der Waals surface area contributed by atoms with E-state index in [1.165, 1.54) is 0 Å². The Balaban J connectivity index is 2.32. The number of rotatable bonds is 3. The maximum Gasteiger partial charge on any atom is 0.187 e. The molecule has 0 aromatic heterocycles. The Bertz CT molecular complexity index is 651. The number of nitrogens with one attached hydrogen (secondary N) is 1. The first-order valence-electron chi connectivity index (χ1n) is 7.74. The van der Waals surface area contributed by atoms with Crippen molar-refractivity contribution in [2.75, 3.05) is 27.3 Å². The summed E-state index contributed by atoms with van der Waals surface area (Å²) in [6.07, 6.45) is 3.96. The number of methoxy groups -OCH3 is 2. The molecule has 4 heteroatoms. The predicted molar refractivity (Wildman–Crippen MR) is 92.9 cm³/mol. The fourth-order valence-electron chi connectivity index (χ4n) is 2.60. The van der Waals surface area contributed by atoms with Gasteiger partial charge in [0.25, 0.3) is 0 Å². The summed E-state index contributed by atoms with van der Waals surface area (Å²) >= 11 is 0. The van der Waals surface area contributed by atoms with Gasteiger partial charge in [-0.1, -0.05) is 32.9 Å². The average Bonchev–Trinajstić information content (AvgIpc) is 2.50. The van der Waals surface area contributed by atoms with Crippen LogP contribution in [0.2, 0.25) is 0 Å². The molecular weight excluding hydrogens is 290 g/mol. The lowest BCUT2D eigenvalue weighted by Crippen LogP contribution is -2.33. The van der Waals surface area contributed by atoms with Crippen LogP contribution >= 0.6 is 0 Å². The SMILES string of the molecule is COc1ccc(C=C2CNCC(=CC(C)(C)C)C2=O)cc1OC. The number of piperidine rings is 1. The van der Waals surface area contributed by atoms with Gasteiger partial charge in [-0.3, -0.25) is 4.79 Å². The second kappa shape index (κ2) is 7.01. The van der Waals surface area contributed by atoms with E-state index in [0.29, 0.717) is 24.6 Å². The molecule has 1 saturated heterocycles. The Morgan fingerprint density at radius 2 is 1.70 bits per heavy atom. The molecule has 0 bridgehead atoms. The number of allylic oxidation sites excluding steroid dienone is 1. The second-order valence-corrected chi connectivity index (χ2v) is 6.75. The third-order valence-corrected chi connectivity index (χ3v) is 3.57. The summed E-state index contributed by atoms with van der Waals surface area (Å²) in [7, 11) is 3.21. The number of hydrogen-bond acceptors (Lipinski definition) is 4. The van der Waals surface area contributed by atoms with E-state index in [2.05, 4.69) is 26.1 Å². The Kier molecular flexibility index (Phi) is 5.26. The Morgan fingerprint density at radius 3 is 2.30 bits per heavy atom. The third-order valence-electron chi connectivity index (χ3n) is 3.57. The summed E-state index contributed by atoms with van der Waals surface area (Å²) in [6, 6.07) is 5.64. The summed E-state index contributed by atoms with van der Waals surface area (Å²) in [6.45, 7) is 7.49. The van der Waals surface area contributed by atoms with Crippen LogP contribution in [0.5, 0.6) is 11.5 Å². The molecule has 1 heterocycles. The molecule has 1 aromatic rings. The van der Waals surface area contributed by atoms with Crippen LogP contribution in [-0.2, 0) is 4.79 Å². The highest BCUT2D eigenvalue weighted by Crippen LogP contribution is 2.29. The lowest BCUT2D eigenvalue weighted by Gasteiger charge is -2.22. The molecule has 1 aromatic carbocycles. The van der Waals surface area contributed by atoms with Gasteiger partial charge in [0.1, 0.15) is 0 Å². The average molecular weight is 315 g/mol. The molecule has 1 N–H and O–H groups in total. The molecule has 0 amide bonds. The highest BCUT2D eigenvalue weighted by Gasteiger charge is 2.22. The second-order valence-electron chi connectivity index (χ2n) is 6.75. The van der Waals surface area contributed by atoms with E-state index in [1.807, 2.05) is 30.4 Å². The Morgan fingerprint density at radius 1 is 1.04 bits per heavy atom. The summed E-state index contributed by atoms with van der Waals surface area (Å²) in [4.78, 5) is 12.7. The number of ketones is 1. The maximum absolute atomic E-state index is 12.7. The Hall–Kier alpha value is -2.07. The zero-order valence-electron chi connectivity index (χ0n) is 14.5. The summed E-state index contributed by atoms with van der Waals surface area (Å²) in [5.41, 5.74) is 2.50. The van der Waals surface area contributed by atoms with E-state index in [0.717, 1.165) is 16.7 Å². The van der Waals surface area contributed by atoms with Gasteiger partial charge in [0.15, 0.2) is 17.3 Å². The predicted octanol–water partition coefficient (Wildman–Crippen LogP) is 3.23. The fourth-order valence-corrected chi connectivity index (χ4v) is 2.60. The molecule has 1 aliphatic rings. The van der Waals surface area contributed by atoms with Crippen molar-refractivity contribution in [1.29, 1.82) is 0 Å². The molecule has 0 radical (unpaired) electrons. The van der Waals surface area contributed by atoms with E-state index < -0.39 is 0 Å². The van der Waals surface area contributed by atoms with Crippen LogP contribution in [0.1, 0.15) is 26.3 Å². The number of carbonyl (C=O) groups is 1. The first-order valence-corrected chi connectivity index (χ1v) is 7.74. The van der Waals surface area contributed by atoms with Gasteiger partial charge in [0, 0.05) is 24.2 Å². The molecule has 23 heavy (non-hydrogen) atoms. The van der Waals surface area contributed by atoms with Gasteiger partial charge in [-0.05, 0) is 29.2 Å². The minimum atomic E-state index is -0.0154. The van der Waals surface area contributed by atoms with Crippen molar-refractivity contribution in [3.8, 4) is 11.5 Å². The van der Waals surface area contributed by atoms with E-state index in [-0.39, 0.29) is 11.2 Å². The smallest absolute Gasteiger partial charge is 0.187 e. The van der Waals surface area contributed by atoms with E-state index in [1.54, 1.807) is 14.2 Å². The summed E-state index contributed by atoms with van der Waals surface area (Å²) < 4.78 is 10.6. The normalized spacial score (nSPS) is 19.3. The maximum atomic E-state index is 12.7. The van der Waals surface area contributed by atoms with Crippen LogP contribution in [0.25, 0.3) is 6.08 Å². The molecule has 1 fully saturated rings. The van der Waals surface area contributed by atoms with E-state index >= 15 is 0 Å². The van der Waals surface area contributed by atoms with Gasteiger partial charge in [0.2, 0.25) is 0 Å². The van der Waals surface area contributed by atoms with E-state index in [9.17, 15) is 4.79 Å². The van der Waals surface area contributed by atoms with Crippen molar-refractivity contribution >= 4 is 11.9 Å². The molecule has 1 aliphatic heterocycles. The number of hydrogen-bond donors (Lipinski definition) is 1. The van der Waals surface area contributed by atoms with Crippen molar-refractivity contribution < 1.29 is 14.3 Å². The lowest BCUT2D eigenvalue weighted by atomic mass is 9.88. The highest BCUT2D eigenvalue weighted by molar-refractivity contribution is 6.12. The minimum Gasteiger partial charge on any atom is -0.493 e. The van der Waals surface area contributed by atoms with Crippen LogP contribution < -0.4 is 14.8 Å². The van der Waals surface area contributed by atoms with Gasteiger partial charge in [-0.15, -0.1) is 0 Å². The number of Topliss-reactive ketones (excluding diaryl/α,β-unsaturated/α-hetero) is 1.